The van der Waals surface area contributed by atoms with Crippen molar-refractivity contribution in [3.05, 3.63) is 71.3 Å². The van der Waals surface area contributed by atoms with E-state index in [9.17, 15) is 9.59 Å². The number of rotatable bonds is 8. The highest BCUT2D eigenvalue weighted by molar-refractivity contribution is 7.96. The first-order valence-corrected chi connectivity index (χ1v) is 11.0. The Bertz CT molecular complexity index is 851. The van der Waals surface area contributed by atoms with Gasteiger partial charge in [-0.1, -0.05) is 61.7 Å². The number of para-hydroxylation sites is 1. The summed E-state index contributed by atoms with van der Waals surface area (Å²) in [7, 11) is 0. The Morgan fingerprint density at radius 1 is 1.00 bits per heavy atom. The van der Waals surface area contributed by atoms with Crippen LogP contribution in [0.2, 0.25) is 0 Å². The van der Waals surface area contributed by atoms with Gasteiger partial charge in [0, 0.05) is 18.2 Å². The monoisotopic (exact) mass is 407 g/mol. The van der Waals surface area contributed by atoms with Gasteiger partial charge in [0.15, 0.2) is 5.12 Å². The molecule has 1 aliphatic carbocycles. The topological polar surface area (TPSA) is 46.2 Å². The highest BCUT2D eigenvalue weighted by atomic mass is 32.1. The van der Waals surface area contributed by atoms with Crippen molar-refractivity contribution >= 4 is 35.4 Å². The molecule has 0 spiro atoms. The largest absolute Gasteiger partial charge is 0.322 e. The molecule has 1 N–H and O–H groups in total. The Labute approximate surface area is 179 Å². The summed E-state index contributed by atoms with van der Waals surface area (Å²) in [6.07, 6.45) is 11.9. The third-order valence-electron chi connectivity index (χ3n) is 5.55. The molecule has 152 valence electrons. The van der Waals surface area contributed by atoms with Crippen molar-refractivity contribution in [3.63, 3.8) is 0 Å². The summed E-state index contributed by atoms with van der Waals surface area (Å²) in [5, 5.41) is 2.84. The minimum Gasteiger partial charge on any atom is -0.322 e. The zero-order valence-electron chi connectivity index (χ0n) is 16.8. The van der Waals surface area contributed by atoms with Crippen molar-refractivity contribution in [1.82, 2.24) is 0 Å². The molecule has 0 saturated heterocycles. The number of carbonyl (C=O) groups excluding carboxylic acids is 2. The van der Waals surface area contributed by atoms with Crippen molar-refractivity contribution in [2.45, 2.75) is 57.3 Å². The van der Waals surface area contributed by atoms with Crippen LogP contribution < -0.4 is 5.32 Å². The van der Waals surface area contributed by atoms with E-state index in [1.165, 1.54) is 37.7 Å². The molecular formula is C25H29NO2S. The molecule has 4 heteroatoms. The molecule has 3 nitrogen and oxygen atoms in total. The van der Waals surface area contributed by atoms with E-state index >= 15 is 0 Å². The fraction of sp³-hybridized carbons (Fsp3) is 0.360. The van der Waals surface area contributed by atoms with Gasteiger partial charge in [0.25, 0.3) is 0 Å². The lowest BCUT2D eigenvalue weighted by Crippen LogP contribution is -2.10. The molecule has 0 aromatic heterocycles. The van der Waals surface area contributed by atoms with Gasteiger partial charge in [-0.25, -0.2) is 0 Å². The maximum Gasteiger partial charge on any atom is 0.248 e. The summed E-state index contributed by atoms with van der Waals surface area (Å²) in [5.41, 5.74) is 4.27. The van der Waals surface area contributed by atoms with Crippen LogP contribution in [-0.2, 0) is 16.0 Å². The van der Waals surface area contributed by atoms with Gasteiger partial charge in [-0.05, 0) is 60.4 Å². The summed E-state index contributed by atoms with van der Waals surface area (Å²) in [6, 6.07) is 16.3. The first-order valence-electron chi connectivity index (χ1n) is 10.5. The zero-order valence-corrected chi connectivity index (χ0v) is 17.7. The molecule has 1 fully saturated rings. The standard InChI is InChI=1S/C25H29NO2S/c27-24(26-23-11-5-4-9-22(23)10-6-12-25(28)29)18-15-19-13-16-21(17-14-19)20-7-2-1-3-8-20/h4-5,9,11,13-18,20H,1-3,6-8,10,12H2,(H,26,27)(H,28,29). The second-order valence-electron chi connectivity index (χ2n) is 7.73. The molecule has 29 heavy (non-hydrogen) atoms. The molecule has 0 heterocycles. The molecule has 0 aliphatic heterocycles. The predicted molar refractivity (Wildman–Crippen MR) is 123 cm³/mol. The average molecular weight is 408 g/mol. The smallest absolute Gasteiger partial charge is 0.248 e. The summed E-state index contributed by atoms with van der Waals surface area (Å²) in [5.74, 6) is 0.540. The highest BCUT2D eigenvalue weighted by Gasteiger charge is 2.14. The Balaban J connectivity index is 1.56. The number of benzene rings is 2. The number of nitrogens with one attached hydrogen (secondary N) is 1. The Morgan fingerprint density at radius 2 is 1.72 bits per heavy atom. The third-order valence-corrected chi connectivity index (χ3v) is 5.78. The van der Waals surface area contributed by atoms with Crippen molar-refractivity contribution in [1.29, 1.82) is 0 Å². The van der Waals surface area contributed by atoms with E-state index < -0.39 is 0 Å². The molecule has 2 aromatic carbocycles. The lowest BCUT2D eigenvalue weighted by molar-refractivity contribution is -0.112. The molecule has 0 bridgehead atoms. The summed E-state index contributed by atoms with van der Waals surface area (Å²) in [4.78, 5) is 23.4. The number of amides is 1. The van der Waals surface area contributed by atoms with Crippen LogP contribution in [0.5, 0.6) is 0 Å². The van der Waals surface area contributed by atoms with Gasteiger partial charge in [0.1, 0.15) is 0 Å². The number of hydrogen-bond acceptors (Lipinski definition) is 2. The summed E-state index contributed by atoms with van der Waals surface area (Å²) in [6.45, 7) is 0. The van der Waals surface area contributed by atoms with E-state index in [1.807, 2.05) is 30.3 Å². The van der Waals surface area contributed by atoms with Crippen molar-refractivity contribution in [2.75, 3.05) is 5.32 Å². The van der Waals surface area contributed by atoms with Crippen LogP contribution in [0.25, 0.3) is 6.08 Å². The third kappa shape index (κ3) is 6.90. The lowest BCUT2D eigenvalue weighted by atomic mass is 9.84. The van der Waals surface area contributed by atoms with Crippen LogP contribution in [0, 0.1) is 0 Å². The van der Waals surface area contributed by atoms with Gasteiger partial charge < -0.3 is 5.32 Å². The van der Waals surface area contributed by atoms with Gasteiger partial charge in [0.2, 0.25) is 5.91 Å². The number of anilines is 1. The zero-order chi connectivity index (χ0) is 20.5. The number of thiol groups is 1. The van der Waals surface area contributed by atoms with Gasteiger partial charge in [-0.2, -0.15) is 0 Å². The second kappa shape index (κ2) is 11.0. The maximum atomic E-state index is 12.4. The number of aryl methyl sites for hydroxylation is 1. The van der Waals surface area contributed by atoms with E-state index in [2.05, 4.69) is 42.2 Å². The van der Waals surface area contributed by atoms with Crippen LogP contribution in [0.1, 0.15) is 67.6 Å². The number of carbonyl (C=O) groups is 2. The fourth-order valence-corrected chi connectivity index (χ4v) is 4.11. The van der Waals surface area contributed by atoms with Crippen LogP contribution in [0.3, 0.4) is 0 Å². The Morgan fingerprint density at radius 3 is 2.45 bits per heavy atom. The van der Waals surface area contributed by atoms with Crippen molar-refractivity contribution in [2.24, 2.45) is 0 Å². The van der Waals surface area contributed by atoms with Crippen LogP contribution >= 0.6 is 12.6 Å². The van der Waals surface area contributed by atoms with Crippen LogP contribution in [-0.4, -0.2) is 11.0 Å². The van der Waals surface area contributed by atoms with Crippen molar-refractivity contribution < 1.29 is 9.59 Å². The first-order chi connectivity index (χ1) is 14.1. The van der Waals surface area contributed by atoms with Gasteiger partial charge in [-0.15, -0.1) is 12.6 Å². The van der Waals surface area contributed by atoms with Gasteiger partial charge in [0.05, 0.1) is 0 Å². The molecule has 0 radical (unpaired) electrons. The second-order valence-corrected chi connectivity index (χ2v) is 8.23. The van der Waals surface area contributed by atoms with E-state index in [0.717, 1.165) is 29.7 Å². The lowest BCUT2D eigenvalue weighted by Gasteiger charge is -2.21. The molecule has 0 unspecified atom stereocenters. The molecule has 2 aromatic rings. The molecule has 3 rings (SSSR count). The quantitative estimate of drug-likeness (QED) is 0.406. The average Bonchev–Trinajstić information content (AvgIpc) is 2.74. The fourth-order valence-electron chi connectivity index (χ4n) is 3.95. The van der Waals surface area contributed by atoms with Crippen LogP contribution in [0.4, 0.5) is 5.69 Å². The highest BCUT2D eigenvalue weighted by Crippen LogP contribution is 2.32. The van der Waals surface area contributed by atoms with Crippen molar-refractivity contribution in [3.8, 4) is 0 Å². The van der Waals surface area contributed by atoms with E-state index in [0.29, 0.717) is 12.3 Å². The molecular weight excluding hydrogens is 378 g/mol. The van der Waals surface area contributed by atoms with Crippen LogP contribution in [0.15, 0.2) is 54.6 Å². The van der Waals surface area contributed by atoms with Gasteiger partial charge >= 0.3 is 0 Å². The minimum atomic E-state index is -0.154. The first kappa shape index (κ1) is 21.4. The van der Waals surface area contributed by atoms with E-state index in [4.69, 9.17) is 0 Å². The summed E-state index contributed by atoms with van der Waals surface area (Å²) >= 11 is 3.81. The summed E-state index contributed by atoms with van der Waals surface area (Å²) < 4.78 is 0. The maximum absolute atomic E-state index is 12.4. The molecule has 0 atom stereocenters. The van der Waals surface area contributed by atoms with E-state index in [1.54, 1.807) is 6.08 Å². The number of hydrogen-bond donors (Lipinski definition) is 2. The molecule has 1 aliphatic rings. The molecule has 1 saturated carbocycles. The normalized spacial score (nSPS) is 14.8. The Kier molecular flexibility index (Phi) is 8.12. The SMILES string of the molecule is O=C(S)CCCc1ccccc1NC(=O)C=Cc1ccc(C2CCCCC2)cc1. The molecule has 1 amide bonds. The van der Waals surface area contributed by atoms with E-state index in [-0.39, 0.29) is 11.0 Å². The Hall–Kier alpha value is -2.33. The minimum absolute atomic E-state index is 0.107. The van der Waals surface area contributed by atoms with Gasteiger partial charge in [-0.3, -0.25) is 9.59 Å². The predicted octanol–water partition coefficient (Wildman–Crippen LogP) is 6.17.